The summed E-state index contributed by atoms with van der Waals surface area (Å²) in [5.74, 6) is 0.0384. The summed E-state index contributed by atoms with van der Waals surface area (Å²) in [7, 11) is 1.79. The third-order valence-electron chi connectivity index (χ3n) is 4.42. The molecule has 4 heteroatoms. The van der Waals surface area contributed by atoms with Crippen LogP contribution in [0.5, 0.6) is 0 Å². The summed E-state index contributed by atoms with van der Waals surface area (Å²) in [6, 6.07) is 8.54. The molecule has 2 N–H and O–H groups in total. The molecule has 114 valence electrons. The Morgan fingerprint density at radius 2 is 1.81 bits per heavy atom. The number of methoxy groups -OCH3 is 1. The molecule has 2 aliphatic carbocycles. The molecular formula is C17H24N2O2. The van der Waals surface area contributed by atoms with Crippen LogP contribution in [-0.4, -0.2) is 31.2 Å². The van der Waals surface area contributed by atoms with Gasteiger partial charge in [-0.2, -0.15) is 0 Å². The first-order chi connectivity index (χ1) is 10.3. The maximum absolute atomic E-state index is 11.9. The van der Waals surface area contributed by atoms with E-state index in [0.717, 1.165) is 36.9 Å². The number of hydrogen-bond donors (Lipinski definition) is 2. The van der Waals surface area contributed by atoms with Gasteiger partial charge in [0.25, 0.3) is 5.91 Å². The number of ether oxygens (including phenoxy) is 1. The van der Waals surface area contributed by atoms with Gasteiger partial charge in [-0.1, -0.05) is 12.8 Å². The van der Waals surface area contributed by atoms with Crippen LogP contribution < -0.4 is 10.6 Å². The second kappa shape index (κ2) is 6.48. The lowest BCUT2D eigenvalue weighted by Gasteiger charge is -2.31. The van der Waals surface area contributed by atoms with Gasteiger partial charge in [-0.3, -0.25) is 4.79 Å². The summed E-state index contributed by atoms with van der Waals surface area (Å²) in [6.07, 6.45) is 7.28. The highest BCUT2D eigenvalue weighted by Gasteiger charge is 2.25. The second-order valence-electron chi connectivity index (χ2n) is 6.13. The van der Waals surface area contributed by atoms with E-state index in [4.69, 9.17) is 4.74 Å². The Kier molecular flexibility index (Phi) is 4.44. The van der Waals surface area contributed by atoms with E-state index in [1.165, 1.54) is 12.8 Å². The number of amides is 1. The molecule has 21 heavy (non-hydrogen) atoms. The average molecular weight is 288 g/mol. The Morgan fingerprint density at radius 1 is 1.10 bits per heavy atom. The van der Waals surface area contributed by atoms with Crippen molar-refractivity contribution in [1.82, 2.24) is 5.32 Å². The Hall–Kier alpha value is -1.55. The molecule has 0 radical (unpaired) electrons. The van der Waals surface area contributed by atoms with E-state index >= 15 is 0 Å². The molecule has 2 unspecified atom stereocenters. The number of benzene rings is 1. The van der Waals surface area contributed by atoms with E-state index in [0.29, 0.717) is 12.1 Å². The molecular weight excluding hydrogens is 264 g/mol. The zero-order valence-corrected chi connectivity index (χ0v) is 12.6. The van der Waals surface area contributed by atoms with Crippen LogP contribution in [0.2, 0.25) is 0 Å². The van der Waals surface area contributed by atoms with Crippen molar-refractivity contribution >= 4 is 11.6 Å². The van der Waals surface area contributed by atoms with Crippen LogP contribution in [0, 0.1) is 0 Å². The van der Waals surface area contributed by atoms with Crippen LogP contribution in [0.4, 0.5) is 5.69 Å². The Bertz CT molecular complexity index is 482. The molecule has 1 aromatic carbocycles. The average Bonchev–Trinajstić information content (AvgIpc) is 3.32. The van der Waals surface area contributed by atoms with Crippen molar-refractivity contribution in [2.45, 2.75) is 56.7 Å². The molecule has 0 bridgehead atoms. The zero-order valence-electron chi connectivity index (χ0n) is 12.6. The summed E-state index contributed by atoms with van der Waals surface area (Å²) < 4.78 is 5.56. The van der Waals surface area contributed by atoms with Crippen molar-refractivity contribution in [1.29, 1.82) is 0 Å². The van der Waals surface area contributed by atoms with Crippen LogP contribution >= 0.6 is 0 Å². The molecule has 2 saturated carbocycles. The highest BCUT2D eigenvalue weighted by Crippen LogP contribution is 2.24. The van der Waals surface area contributed by atoms with E-state index in [9.17, 15) is 4.79 Å². The fourth-order valence-electron chi connectivity index (χ4n) is 2.97. The molecule has 0 saturated heterocycles. The molecule has 2 atom stereocenters. The maximum atomic E-state index is 11.9. The number of nitrogens with one attached hydrogen (secondary N) is 2. The van der Waals surface area contributed by atoms with E-state index in [1.54, 1.807) is 7.11 Å². The Balaban J connectivity index is 1.59. The highest BCUT2D eigenvalue weighted by atomic mass is 16.5. The molecule has 0 heterocycles. The minimum absolute atomic E-state index is 0.0384. The first-order valence-electron chi connectivity index (χ1n) is 7.96. The van der Waals surface area contributed by atoms with Crippen LogP contribution in [0.25, 0.3) is 0 Å². The molecule has 0 aromatic heterocycles. The fraction of sp³-hybridized carbons (Fsp3) is 0.588. The standard InChI is InChI=1S/C17H24N2O2/c1-21-16-5-3-2-4-15(16)18-13-8-6-12(7-9-13)17(20)19-14-10-11-14/h6-9,14-16,18H,2-5,10-11H2,1H3,(H,19,20). The molecule has 4 nitrogen and oxygen atoms in total. The van der Waals surface area contributed by atoms with E-state index < -0.39 is 0 Å². The van der Waals surface area contributed by atoms with Gasteiger partial charge in [-0.05, 0) is 49.9 Å². The third-order valence-corrected chi connectivity index (χ3v) is 4.42. The van der Waals surface area contributed by atoms with Gasteiger partial charge < -0.3 is 15.4 Å². The lowest BCUT2D eigenvalue weighted by molar-refractivity contribution is 0.0606. The monoisotopic (exact) mass is 288 g/mol. The molecule has 2 aliphatic rings. The van der Waals surface area contributed by atoms with Gasteiger partial charge in [0.15, 0.2) is 0 Å². The van der Waals surface area contributed by atoms with Gasteiger partial charge in [0.2, 0.25) is 0 Å². The van der Waals surface area contributed by atoms with E-state index in [-0.39, 0.29) is 12.0 Å². The van der Waals surface area contributed by atoms with Crippen LogP contribution in [-0.2, 0) is 4.74 Å². The van der Waals surface area contributed by atoms with Gasteiger partial charge >= 0.3 is 0 Å². The van der Waals surface area contributed by atoms with Gasteiger partial charge in [-0.25, -0.2) is 0 Å². The first-order valence-corrected chi connectivity index (χ1v) is 7.96. The summed E-state index contributed by atoms with van der Waals surface area (Å²) in [5, 5.41) is 6.55. The normalized spacial score (nSPS) is 25.4. The minimum Gasteiger partial charge on any atom is -0.380 e. The van der Waals surface area contributed by atoms with E-state index in [1.807, 2.05) is 24.3 Å². The number of anilines is 1. The van der Waals surface area contributed by atoms with Crippen molar-refractivity contribution in [2.24, 2.45) is 0 Å². The third kappa shape index (κ3) is 3.76. The van der Waals surface area contributed by atoms with Gasteiger partial charge in [-0.15, -0.1) is 0 Å². The van der Waals surface area contributed by atoms with Gasteiger partial charge in [0.1, 0.15) is 0 Å². The predicted octanol–water partition coefficient (Wildman–Crippen LogP) is 2.95. The topological polar surface area (TPSA) is 50.4 Å². The Labute approximate surface area is 126 Å². The number of hydrogen-bond acceptors (Lipinski definition) is 3. The largest absolute Gasteiger partial charge is 0.380 e. The maximum Gasteiger partial charge on any atom is 0.251 e. The van der Waals surface area contributed by atoms with Crippen molar-refractivity contribution in [3.05, 3.63) is 29.8 Å². The molecule has 0 spiro atoms. The van der Waals surface area contributed by atoms with Gasteiger partial charge in [0, 0.05) is 24.4 Å². The molecule has 1 aromatic rings. The van der Waals surface area contributed by atoms with Gasteiger partial charge in [0.05, 0.1) is 12.1 Å². The number of rotatable bonds is 5. The quantitative estimate of drug-likeness (QED) is 0.876. The predicted molar refractivity (Wildman–Crippen MR) is 83.6 cm³/mol. The summed E-state index contributed by atoms with van der Waals surface area (Å²) in [4.78, 5) is 11.9. The van der Waals surface area contributed by atoms with Crippen molar-refractivity contribution < 1.29 is 9.53 Å². The summed E-state index contributed by atoms with van der Waals surface area (Å²) in [5.41, 5.74) is 1.80. The molecule has 1 amide bonds. The highest BCUT2D eigenvalue weighted by molar-refractivity contribution is 5.94. The number of carbonyl (C=O) groups excluding carboxylic acids is 1. The van der Waals surface area contributed by atoms with E-state index in [2.05, 4.69) is 10.6 Å². The van der Waals surface area contributed by atoms with Crippen LogP contribution in [0.3, 0.4) is 0 Å². The smallest absolute Gasteiger partial charge is 0.251 e. The Morgan fingerprint density at radius 3 is 2.48 bits per heavy atom. The van der Waals surface area contributed by atoms with Crippen molar-refractivity contribution in [3.63, 3.8) is 0 Å². The second-order valence-corrected chi connectivity index (χ2v) is 6.13. The minimum atomic E-state index is 0.0384. The SMILES string of the molecule is COC1CCCCC1Nc1ccc(C(=O)NC2CC2)cc1. The van der Waals surface area contributed by atoms with Crippen molar-refractivity contribution in [2.75, 3.05) is 12.4 Å². The lowest BCUT2D eigenvalue weighted by atomic mass is 9.92. The fourth-order valence-corrected chi connectivity index (χ4v) is 2.97. The molecule has 3 rings (SSSR count). The zero-order chi connectivity index (χ0) is 14.7. The van der Waals surface area contributed by atoms with Crippen LogP contribution in [0.15, 0.2) is 24.3 Å². The summed E-state index contributed by atoms with van der Waals surface area (Å²) >= 11 is 0. The number of carbonyl (C=O) groups is 1. The molecule has 2 fully saturated rings. The molecule has 0 aliphatic heterocycles. The summed E-state index contributed by atoms with van der Waals surface area (Å²) in [6.45, 7) is 0. The van der Waals surface area contributed by atoms with Crippen LogP contribution in [0.1, 0.15) is 48.9 Å². The first kappa shape index (κ1) is 14.4. The lowest BCUT2D eigenvalue weighted by Crippen LogP contribution is -2.37. The van der Waals surface area contributed by atoms with Crippen molar-refractivity contribution in [3.8, 4) is 0 Å².